The van der Waals surface area contributed by atoms with Crippen LogP contribution in [0.15, 0.2) is 54.6 Å². The van der Waals surface area contributed by atoms with Gasteiger partial charge in [-0.25, -0.2) is 0 Å². The molecule has 5 heteroatoms. The maximum atomic E-state index is 12.3. The van der Waals surface area contributed by atoms with Crippen molar-refractivity contribution in [2.75, 3.05) is 5.32 Å². The van der Waals surface area contributed by atoms with E-state index in [2.05, 4.69) is 10.6 Å². The number of ether oxygens (including phenoxy) is 1. The summed E-state index contributed by atoms with van der Waals surface area (Å²) in [7, 11) is 0. The maximum Gasteiger partial charge on any atom is 0.265 e. The normalized spacial score (nSPS) is 11.7. The molecule has 0 saturated heterocycles. The van der Waals surface area contributed by atoms with Gasteiger partial charge in [0.25, 0.3) is 11.8 Å². The Balaban J connectivity index is 2.07. The van der Waals surface area contributed by atoms with Crippen molar-refractivity contribution >= 4 is 17.5 Å². The molecular weight excluding hydrogens is 304 g/mol. The first-order chi connectivity index (χ1) is 11.5. The Morgan fingerprint density at radius 2 is 1.54 bits per heavy atom. The minimum atomic E-state index is -0.686. The molecule has 2 aromatic carbocycles. The molecule has 0 fully saturated rings. The van der Waals surface area contributed by atoms with Gasteiger partial charge in [-0.2, -0.15) is 0 Å². The molecule has 1 atom stereocenters. The topological polar surface area (TPSA) is 67.4 Å². The van der Waals surface area contributed by atoms with Crippen LogP contribution in [0.3, 0.4) is 0 Å². The van der Waals surface area contributed by atoms with Crippen LogP contribution in [0, 0.1) is 0 Å². The average molecular weight is 326 g/mol. The monoisotopic (exact) mass is 326 g/mol. The van der Waals surface area contributed by atoms with Crippen LogP contribution in [0.2, 0.25) is 0 Å². The Morgan fingerprint density at radius 3 is 2.21 bits per heavy atom. The van der Waals surface area contributed by atoms with Gasteiger partial charge in [-0.15, -0.1) is 0 Å². The number of nitrogens with one attached hydrogen (secondary N) is 2. The van der Waals surface area contributed by atoms with Gasteiger partial charge in [0.15, 0.2) is 6.10 Å². The fourth-order valence-electron chi connectivity index (χ4n) is 2.12. The largest absolute Gasteiger partial charge is 0.481 e. The molecule has 0 aliphatic carbocycles. The lowest BCUT2D eigenvalue weighted by atomic mass is 10.1. The predicted molar refractivity (Wildman–Crippen MR) is 94.2 cm³/mol. The number of carbonyl (C=O) groups excluding carboxylic acids is 2. The second-order valence-electron chi connectivity index (χ2n) is 5.74. The first kappa shape index (κ1) is 17.5. The summed E-state index contributed by atoms with van der Waals surface area (Å²) in [6.07, 6.45) is -0.686. The summed E-state index contributed by atoms with van der Waals surface area (Å²) in [5, 5.41) is 5.58. The fourth-order valence-corrected chi connectivity index (χ4v) is 2.12. The molecule has 0 aromatic heterocycles. The van der Waals surface area contributed by atoms with E-state index >= 15 is 0 Å². The smallest absolute Gasteiger partial charge is 0.265 e. The number of benzene rings is 2. The van der Waals surface area contributed by atoms with E-state index in [-0.39, 0.29) is 17.9 Å². The molecule has 0 aliphatic rings. The van der Waals surface area contributed by atoms with Gasteiger partial charge in [0.1, 0.15) is 5.75 Å². The summed E-state index contributed by atoms with van der Waals surface area (Å²) in [5.74, 6) is 0.0761. The molecule has 2 aromatic rings. The second-order valence-corrected chi connectivity index (χ2v) is 5.74. The highest BCUT2D eigenvalue weighted by Gasteiger charge is 2.18. The van der Waals surface area contributed by atoms with Crippen LogP contribution in [0.25, 0.3) is 0 Å². The highest BCUT2D eigenvalue weighted by Crippen LogP contribution is 2.17. The van der Waals surface area contributed by atoms with Crippen LogP contribution < -0.4 is 15.4 Å². The van der Waals surface area contributed by atoms with E-state index in [4.69, 9.17) is 4.74 Å². The SMILES string of the molecule is CC(C)NC(=O)c1ccccc1NC(=O)[C@@H](C)Oc1ccccc1. The lowest BCUT2D eigenvalue weighted by Gasteiger charge is -2.17. The van der Waals surface area contributed by atoms with Gasteiger partial charge in [-0.1, -0.05) is 30.3 Å². The molecule has 2 N–H and O–H groups in total. The number of amides is 2. The molecule has 2 amide bonds. The zero-order valence-electron chi connectivity index (χ0n) is 14.1. The van der Waals surface area contributed by atoms with E-state index in [0.29, 0.717) is 17.0 Å². The minimum Gasteiger partial charge on any atom is -0.481 e. The summed E-state index contributed by atoms with van der Waals surface area (Å²) < 4.78 is 5.60. The first-order valence-electron chi connectivity index (χ1n) is 7.90. The molecule has 0 heterocycles. The number of rotatable bonds is 6. The van der Waals surface area contributed by atoms with Gasteiger partial charge in [0.05, 0.1) is 11.3 Å². The Kier molecular flexibility index (Phi) is 5.95. The Morgan fingerprint density at radius 1 is 0.917 bits per heavy atom. The van der Waals surface area contributed by atoms with E-state index in [9.17, 15) is 9.59 Å². The molecule has 0 bridgehead atoms. The molecule has 5 nitrogen and oxygen atoms in total. The van der Waals surface area contributed by atoms with Crippen LogP contribution in [-0.4, -0.2) is 24.0 Å². The van der Waals surface area contributed by atoms with Gasteiger partial charge in [0, 0.05) is 6.04 Å². The summed E-state index contributed by atoms with van der Waals surface area (Å²) in [4.78, 5) is 24.6. The second kappa shape index (κ2) is 8.15. The van der Waals surface area contributed by atoms with Crippen LogP contribution in [0.4, 0.5) is 5.69 Å². The van der Waals surface area contributed by atoms with Crippen molar-refractivity contribution in [3.8, 4) is 5.75 Å². The molecule has 126 valence electrons. The van der Waals surface area contributed by atoms with E-state index in [0.717, 1.165) is 0 Å². The van der Waals surface area contributed by atoms with Crippen molar-refractivity contribution in [2.24, 2.45) is 0 Å². The van der Waals surface area contributed by atoms with Crippen molar-refractivity contribution in [3.63, 3.8) is 0 Å². The van der Waals surface area contributed by atoms with Gasteiger partial charge in [0.2, 0.25) is 0 Å². The third kappa shape index (κ3) is 4.84. The lowest BCUT2D eigenvalue weighted by Crippen LogP contribution is -2.33. The number of anilines is 1. The van der Waals surface area contributed by atoms with Crippen molar-refractivity contribution < 1.29 is 14.3 Å². The number of para-hydroxylation sites is 2. The van der Waals surface area contributed by atoms with E-state index in [1.165, 1.54) is 0 Å². The molecule has 2 rings (SSSR count). The number of carbonyl (C=O) groups is 2. The average Bonchev–Trinajstić information content (AvgIpc) is 2.55. The minimum absolute atomic E-state index is 0.0154. The Bertz CT molecular complexity index is 699. The highest BCUT2D eigenvalue weighted by molar-refractivity contribution is 6.04. The van der Waals surface area contributed by atoms with Crippen LogP contribution in [-0.2, 0) is 4.79 Å². The van der Waals surface area contributed by atoms with Crippen LogP contribution in [0.1, 0.15) is 31.1 Å². The van der Waals surface area contributed by atoms with Crippen LogP contribution in [0.5, 0.6) is 5.75 Å². The third-order valence-corrected chi connectivity index (χ3v) is 3.27. The molecule has 24 heavy (non-hydrogen) atoms. The predicted octanol–water partition coefficient (Wildman–Crippen LogP) is 3.23. The van der Waals surface area contributed by atoms with Gasteiger partial charge >= 0.3 is 0 Å². The summed E-state index contributed by atoms with van der Waals surface area (Å²) in [6.45, 7) is 5.43. The summed E-state index contributed by atoms with van der Waals surface area (Å²) in [6, 6.07) is 16.0. The highest BCUT2D eigenvalue weighted by atomic mass is 16.5. The third-order valence-electron chi connectivity index (χ3n) is 3.27. The van der Waals surface area contributed by atoms with E-state index in [1.807, 2.05) is 32.0 Å². The standard InChI is InChI=1S/C19H22N2O3/c1-13(2)20-19(23)16-11-7-8-12-17(16)21-18(22)14(3)24-15-9-5-4-6-10-15/h4-14H,1-3H3,(H,20,23)(H,21,22)/t14-/m1/s1. The van der Waals surface area contributed by atoms with Crippen LogP contribution >= 0.6 is 0 Å². The summed E-state index contributed by atoms with van der Waals surface area (Å²) >= 11 is 0. The molecular formula is C19H22N2O3. The van der Waals surface area contributed by atoms with Gasteiger partial charge in [-0.05, 0) is 45.0 Å². The lowest BCUT2D eigenvalue weighted by molar-refractivity contribution is -0.122. The molecule has 0 saturated carbocycles. The Labute approximate surface area is 142 Å². The van der Waals surface area contributed by atoms with Gasteiger partial charge in [-0.3, -0.25) is 9.59 Å². The molecule has 0 spiro atoms. The number of hydrogen-bond acceptors (Lipinski definition) is 3. The molecule has 0 radical (unpaired) electrons. The summed E-state index contributed by atoms with van der Waals surface area (Å²) in [5.41, 5.74) is 0.885. The molecule has 0 unspecified atom stereocenters. The van der Waals surface area contributed by atoms with Gasteiger partial charge < -0.3 is 15.4 Å². The number of hydrogen-bond donors (Lipinski definition) is 2. The molecule has 0 aliphatic heterocycles. The quantitative estimate of drug-likeness (QED) is 0.856. The van der Waals surface area contributed by atoms with Crippen molar-refractivity contribution in [1.82, 2.24) is 5.32 Å². The zero-order valence-corrected chi connectivity index (χ0v) is 14.1. The maximum absolute atomic E-state index is 12.3. The fraction of sp³-hybridized carbons (Fsp3) is 0.263. The van der Waals surface area contributed by atoms with Crippen molar-refractivity contribution in [2.45, 2.75) is 32.9 Å². The Hall–Kier alpha value is -2.82. The zero-order chi connectivity index (χ0) is 17.5. The first-order valence-corrected chi connectivity index (χ1v) is 7.90. The van der Waals surface area contributed by atoms with E-state index < -0.39 is 6.10 Å². The van der Waals surface area contributed by atoms with Crippen molar-refractivity contribution in [3.05, 3.63) is 60.2 Å². The van der Waals surface area contributed by atoms with E-state index in [1.54, 1.807) is 43.3 Å². The van der Waals surface area contributed by atoms with Crippen molar-refractivity contribution in [1.29, 1.82) is 0 Å².